The van der Waals surface area contributed by atoms with Gasteiger partial charge >= 0.3 is 0 Å². The fraction of sp³-hybridized carbons (Fsp3) is 0.417. The van der Waals surface area contributed by atoms with Gasteiger partial charge in [0.25, 0.3) is 0 Å². The fourth-order valence-electron chi connectivity index (χ4n) is 1.87. The maximum atomic E-state index is 12.9. The summed E-state index contributed by atoms with van der Waals surface area (Å²) >= 11 is 0. The van der Waals surface area contributed by atoms with E-state index in [1.807, 2.05) is 0 Å². The number of halogens is 2. The van der Waals surface area contributed by atoms with E-state index in [1.165, 1.54) is 12.1 Å². The molecule has 1 fully saturated rings. The summed E-state index contributed by atoms with van der Waals surface area (Å²) in [6.45, 7) is 0.876. The zero-order chi connectivity index (χ0) is 11.4. The first-order valence-electron chi connectivity index (χ1n) is 5.55. The predicted octanol–water partition coefficient (Wildman–Crippen LogP) is 2.33. The standard InChI is InChI=1S/C12H15FN2O.ClH/c13-9-4-3-5-10(8-9)15-12(16)11-6-1-2-7-14-11;/h3-5,8,11,14H,1-2,6-7H2,(H,15,16);1H/t11-;/m0./s1. The number of carbonyl (C=O) groups is 1. The van der Waals surface area contributed by atoms with Crippen LogP contribution < -0.4 is 10.6 Å². The van der Waals surface area contributed by atoms with Crippen molar-refractivity contribution in [1.82, 2.24) is 5.32 Å². The molecule has 5 heteroatoms. The van der Waals surface area contributed by atoms with Gasteiger partial charge in [0.1, 0.15) is 5.82 Å². The van der Waals surface area contributed by atoms with E-state index in [0.717, 1.165) is 25.8 Å². The molecule has 1 aromatic rings. The maximum Gasteiger partial charge on any atom is 0.241 e. The highest BCUT2D eigenvalue weighted by molar-refractivity contribution is 5.94. The quantitative estimate of drug-likeness (QED) is 0.855. The van der Waals surface area contributed by atoms with Gasteiger partial charge in [0.15, 0.2) is 0 Å². The van der Waals surface area contributed by atoms with Crippen LogP contribution in [0.25, 0.3) is 0 Å². The Hall–Kier alpha value is -1.13. The maximum absolute atomic E-state index is 12.9. The molecule has 0 aliphatic carbocycles. The number of piperidine rings is 1. The van der Waals surface area contributed by atoms with E-state index in [2.05, 4.69) is 10.6 Å². The van der Waals surface area contributed by atoms with Gasteiger partial charge in [0.2, 0.25) is 5.91 Å². The Bertz CT molecular complexity index is 381. The van der Waals surface area contributed by atoms with E-state index in [9.17, 15) is 9.18 Å². The van der Waals surface area contributed by atoms with Crippen molar-refractivity contribution in [3.8, 4) is 0 Å². The number of benzene rings is 1. The second-order valence-corrected chi connectivity index (χ2v) is 4.00. The molecular formula is C12H16ClFN2O. The predicted molar refractivity (Wildman–Crippen MR) is 67.9 cm³/mol. The number of amides is 1. The Morgan fingerprint density at radius 1 is 1.41 bits per heavy atom. The van der Waals surface area contributed by atoms with Gasteiger partial charge in [-0.05, 0) is 37.6 Å². The molecule has 1 aromatic carbocycles. The monoisotopic (exact) mass is 258 g/mol. The van der Waals surface area contributed by atoms with Gasteiger partial charge in [-0.3, -0.25) is 4.79 Å². The van der Waals surface area contributed by atoms with Gasteiger partial charge in [-0.15, -0.1) is 12.4 Å². The van der Waals surface area contributed by atoms with Crippen molar-refractivity contribution in [2.75, 3.05) is 11.9 Å². The summed E-state index contributed by atoms with van der Waals surface area (Å²) in [5.41, 5.74) is 0.511. The Morgan fingerprint density at radius 3 is 2.88 bits per heavy atom. The number of carbonyl (C=O) groups excluding carboxylic acids is 1. The average Bonchev–Trinajstić information content (AvgIpc) is 2.30. The van der Waals surface area contributed by atoms with Crippen molar-refractivity contribution in [3.05, 3.63) is 30.1 Å². The fourth-order valence-corrected chi connectivity index (χ4v) is 1.87. The first kappa shape index (κ1) is 13.9. The summed E-state index contributed by atoms with van der Waals surface area (Å²) in [6.07, 6.45) is 3.03. The highest BCUT2D eigenvalue weighted by Gasteiger charge is 2.20. The topological polar surface area (TPSA) is 41.1 Å². The normalized spacial score (nSPS) is 19.2. The Kier molecular flexibility index (Phi) is 5.38. The summed E-state index contributed by atoms with van der Waals surface area (Å²) in [6, 6.07) is 5.80. The molecular weight excluding hydrogens is 243 g/mol. The molecule has 0 spiro atoms. The third kappa shape index (κ3) is 3.98. The number of anilines is 1. The molecule has 17 heavy (non-hydrogen) atoms. The van der Waals surface area contributed by atoms with Crippen LogP contribution in [0, 0.1) is 5.82 Å². The second kappa shape index (κ2) is 6.57. The van der Waals surface area contributed by atoms with Gasteiger partial charge in [-0.25, -0.2) is 4.39 Å². The molecule has 0 saturated carbocycles. The zero-order valence-corrected chi connectivity index (χ0v) is 10.2. The number of hydrogen-bond donors (Lipinski definition) is 2. The Balaban J connectivity index is 0.00000144. The Morgan fingerprint density at radius 2 is 2.24 bits per heavy atom. The zero-order valence-electron chi connectivity index (χ0n) is 9.41. The molecule has 1 aliphatic heterocycles. The van der Waals surface area contributed by atoms with Crippen LogP contribution in [0.3, 0.4) is 0 Å². The third-order valence-corrected chi connectivity index (χ3v) is 2.72. The molecule has 1 atom stereocenters. The average molecular weight is 259 g/mol. The number of nitrogens with one attached hydrogen (secondary N) is 2. The van der Waals surface area contributed by atoms with Crippen molar-refractivity contribution < 1.29 is 9.18 Å². The minimum Gasteiger partial charge on any atom is -0.325 e. The van der Waals surface area contributed by atoms with Crippen LogP contribution in [0.4, 0.5) is 10.1 Å². The lowest BCUT2D eigenvalue weighted by Gasteiger charge is -2.22. The van der Waals surface area contributed by atoms with Gasteiger partial charge in [0.05, 0.1) is 6.04 Å². The van der Waals surface area contributed by atoms with E-state index in [0.29, 0.717) is 5.69 Å². The van der Waals surface area contributed by atoms with Crippen LogP contribution >= 0.6 is 12.4 Å². The SMILES string of the molecule is Cl.O=C(Nc1cccc(F)c1)[C@@H]1CCCCN1. The lowest BCUT2D eigenvalue weighted by Crippen LogP contribution is -2.43. The first-order chi connectivity index (χ1) is 7.75. The van der Waals surface area contributed by atoms with Crippen molar-refractivity contribution in [1.29, 1.82) is 0 Å². The summed E-state index contributed by atoms with van der Waals surface area (Å²) in [5, 5.41) is 5.86. The van der Waals surface area contributed by atoms with E-state index in [-0.39, 0.29) is 30.2 Å². The number of rotatable bonds is 2. The molecule has 3 nitrogen and oxygen atoms in total. The van der Waals surface area contributed by atoms with Crippen molar-refractivity contribution in [3.63, 3.8) is 0 Å². The molecule has 94 valence electrons. The molecule has 1 amide bonds. The second-order valence-electron chi connectivity index (χ2n) is 4.00. The lowest BCUT2D eigenvalue weighted by atomic mass is 10.0. The van der Waals surface area contributed by atoms with Crippen LogP contribution in [0.1, 0.15) is 19.3 Å². The van der Waals surface area contributed by atoms with Crippen LogP contribution in [0.2, 0.25) is 0 Å². The molecule has 1 aliphatic rings. The van der Waals surface area contributed by atoms with Crippen LogP contribution in [0.15, 0.2) is 24.3 Å². The summed E-state index contributed by atoms with van der Waals surface area (Å²) in [5.74, 6) is -0.417. The minimum absolute atomic E-state index is 0. The molecule has 0 unspecified atom stereocenters. The third-order valence-electron chi connectivity index (χ3n) is 2.72. The van der Waals surface area contributed by atoms with Crippen molar-refractivity contribution in [2.24, 2.45) is 0 Å². The van der Waals surface area contributed by atoms with E-state index >= 15 is 0 Å². The van der Waals surface area contributed by atoms with Crippen LogP contribution in [-0.2, 0) is 4.79 Å². The van der Waals surface area contributed by atoms with Gasteiger partial charge in [-0.1, -0.05) is 12.5 Å². The molecule has 2 rings (SSSR count). The van der Waals surface area contributed by atoms with E-state index in [4.69, 9.17) is 0 Å². The highest BCUT2D eigenvalue weighted by atomic mass is 35.5. The van der Waals surface area contributed by atoms with Crippen LogP contribution in [0.5, 0.6) is 0 Å². The molecule has 1 saturated heterocycles. The summed E-state index contributed by atoms with van der Waals surface area (Å²) in [7, 11) is 0. The van der Waals surface area contributed by atoms with Gasteiger partial charge < -0.3 is 10.6 Å². The Labute approximate surface area is 106 Å². The molecule has 0 aromatic heterocycles. The summed E-state index contributed by atoms with van der Waals surface area (Å²) in [4.78, 5) is 11.8. The van der Waals surface area contributed by atoms with Crippen molar-refractivity contribution in [2.45, 2.75) is 25.3 Å². The van der Waals surface area contributed by atoms with Crippen molar-refractivity contribution >= 4 is 24.0 Å². The number of hydrogen-bond acceptors (Lipinski definition) is 2. The molecule has 2 N–H and O–H groups in total. The first-order valence-corrected chi connectivity index (χ1v) is 5.55. The van der Waals surface area contributed by atoms with Gasteiger partial charge in [-0.2, -0.15) is 0 Å². The lowest BCUT2D eigenvalue weighted by molar-refractivity contribution is -0.118. The smallest absolute Gasteiger partial charge is 0.241 e. The van der Waals surface area contributed by atoms with Crippen LogP contribution in [-0.4, -0.2) is 18.5 Å². The highest BCUT2D eigenvalue weighted by Crippen LogP contribution is 2.12. The minimum atomic E-state index is -0.339. The molecule has 0 radical (unpaired) electrons. The largest absolute Gasteiger partial charge is 0.325 e. The molecule has 0 bridgehead atoms. The summed E-state index contributed by atoms with van der Waals surface area (Å²) < 4.78 is 12.9. The van der Waals surface area contributed by atoms with E-state index < -0.39 is 0 Å². The molecule has 1 heterocycles. The van der Waals surface area contributed by atoms with Gasteiger partial charge in [0, 0.05) is 5.69 Å². The van der Waals surface area contributed by atoms with E-state index in [1.54, 1.807) is 12.1 Å².